The number of amides is 1. The minimum atomic E-state index is -0.663. The van der Waals surface area contributed by atoms with E-state index in [-0.39, 0.29) is 23.9 Å². The van der Waals surface area contributed by atoms with Crippen LogP contribution in [0.25, 0.3) is 0 Å². The van der Waals surface area contributed by atoms with Crippen LogP contribution in [0.4, 0.5) is 8.78 Å². The van der Waals surface area contributed by atoms with Crippen molar-refractivity contribution >= 4 is 29.1 Å². The van der Waals surface area contributed by atoms with Gasteiger partial charge in [0, 0.05) is 41.2 Å². The van der Waals surface area contributed by atoms with E-state index in [1.807, 2.05) is 48.5 Å². The normalized spacial score (nSPS) is 18.1. The lowest BCUT2D eigenvalue weighted by atomic mass is 9.78. The van der Waals surface area contributed by atoms with Crippen molar-refractivity contribution in [2.24, 2.45) is 5.92 Å². The van der Waals surface area contributed by atoms with E-state index in [2.05, 4.69) is 10.2 Å². The molecule has 1 aliphatic heterocycles. The van der Waals surface area contributed by atoms with E-state index in [4.69, 9.17) is 23.2 Å². The molecule has 3 nitrogen and oxygen atoms in total. The molecule has 2 fully saturated rings. The average molecular weight is 558 g/mol. The van der Waals surface area contributed by atoms with Crippen LogP contribution in [0.3, 0.4) is 0 Å². The first-order valence-corrected chi connectivity index (χ1v) is 14.1. The molecule has 1 atom stereocenters. The van der Waals surface area contributed by atoms with Gasteiger partial charge >= 0.3 is 0 Å². The topological polar surface area (TPSA) is 32.3 Å². The summed E-state index contributed by atoms with van der Waals surface area (Å²) in [5.74, 6) is -2.17. The lowest BCUT2D eigenvalue weighted by molar-refractivity contribution is -0.126. The number of likely N-dealkylation sites (tertiary alicyclic amines) is 1. The second-order valence-corrected chi connectivity index (χ2v) is 11.5. The Morgan fingerprint density at radius 3 is 1.76 bits per heavy atom. The molecular formula is C31H32Cl2F2N2O. The maximum atomic E-state index is 14.3. The molecule has 1 amide bonds. The number of carbonyl (C=O) groups excluding carboxylic acids is 1. The fourth-order valence-corrected chi connectivity index (χ4v) is 6.23. The summed E-state index contributed by atoms with van der Waals surface area (Å²) in [6.45, 7) is 1.22. The summed E-state index contributed by atoms with van der Waals surface area (Å²) in [7, 11) is 0. The Hall–Kier alpha value is -2.47. The zero-order chi connectivity index (χ0) is 26.6. The van der Waals surface area contributed by atoms with E-state index >= 15 is 0 Å². The van der Waals surface area contributed by atoms with Crippen molar-refractivity contribution in [1.29, 1.82) is 0 Å². The Labute approximate surface area is 233 Å². The van der Waals surface area contributed by atoms with Crippen molar-refractivity contribution < 1.29 is 13.6 Å². The fourth-order valence-electron chi connectivity index (χ4n) is 5.98. The number of hydrogen-bond donors (Lipinski definition) is 1. The van der Waals surface area contributed by atoms with Crippen LogP contribution in [0.15, 0.2) is 66.7 Å². The van der Waals surface area contributed by atoms with Crippen LogP contribution in [0.2, 0.25) is 10.0 Å². The summed E-state index contributed by atoms with van der Waals surface area (Å²) in [4.78, 5) is 16.0. The molecule has 1 aliphatic carbocycles. The number of rotatable bonds is 7. The highest BCUT2D eigenvalue weighted by Gasteiger charge is 2.42. The standard InChI is InChI=1S/C31H32Cl2F2N2O/c32-24-11-7-20(8-12-24)30(21-9-13-25(33)14-10-21)37-18-23(19-37)29(22-15-26(34)17-27(35)16-22)31(38)36-28-5-3-1-2-4-6-28/h7-17,23,28-30H,1-6,18-19H2,(H,36,38)/t29-/m1/s1. The van der Waals surface area contributed by atoms with Gasteiger partial charge in [0.05, 0.1) is 12.0 Å². The van der Waals surface area contributed by atoms with E-state index in [1.165, 1.54) is 25.0 Å². The van der Waals surface area contributed by atoms with Crippen LogP contribution >= 0.6 is 23.2 Å². The third kappa shape index (κ3) is 6.39. The molecule has 200 valence electrons. The van der Waals surface area contributed by atoms with Crippen LogP contribution < -0.4 is 5.32 Å². The van der Waals surface area contributed by atoms with Gasteiger partial charge in [-0.05, 0) is 65.9 Å². The molecule has 1 saturated carbocycles. The highest BCUT2D eigenvalue weighted by molar-refractivity contribution is 6.30. The number of nitrogens with zero attached hydrogens (tertiary/aromatic N) is 1. The predicted molar refractivity (Wildman–Crippen MR) is 149 cm³/mol. The van der Waals surface area contributed by atoms with Crippen molar-refractivity contribution in [2.45, 2.75) is 56.5 Å². The maximum Gasteiger partial charge on any atom is 0.228 e. The molecule has 0 spiro atoms. The third-order valence-corrected chi connectivity index (χ3v) is 8.38. The van der Waals surface area contributed by atoms with Crippen molar-refractivity contribution in [2.75, 3.05) is 13.1 Å². The highest BCUT2D eigenvalue weighted by Crippen LogP contribution is 2.41. The van der Waals surface area contributed by atoms with Crippen LogP contribution in [0.1, 0.15) is 67.2 Å². The SMILES string of the molecule is O=C(NC1CCCCCC1)[C@H](c1cc(F)cc(F)c1)C1CN(C(c2ccc(Cl)cc2)c2ccc(Cl)cc2)C1. The molecule has 1 saturated heterocycles. The summed E-state index contributed by atoms with van der Waals surface area (Å²) in [5, 5.41) is 4.55. The average Bonchev–Trinajstić information content (AvgIpc) is 3.12. The molecule has 0 unspecified atom stereocenters. The third-order valence-electron chi connectivity index (χ3n) is 7.87. The lowest BCUT2D eigenvalue weighted by Crippen LogP contribution is -2.54. The van der Waals surface area contributed by atoms with Crippen LogP contribution in [-0.4, -0.2) is 29.9 Å². The number of nitrogens with one attached hydrogen (secondary N) is 1. The molecule has 5 rings (SSSR count). The molecule has 0 radical (unpaired) electrons. The van der Waals surface area contributed by atoms with Crippen LogP contribution in [-0.2, 0) is 4.79 Å². The van der Waals surface area contributed by atoms with Gasteiger partial charge in [0.2, 0.25) is 5.91 Å². The Kier molecular flexibility index (Phi) is 8.67. The number of benzene rings is 3. The Morgan fingerprint density at radius 2 is 1.26 bits per heavy atom. The maximum absolute atomic E-state index is 14.3. The van der Waals surface area contributed by atoms with E-state index in [0.29, 0.717) is 28.7 Å². The van der Waals surface area contributed by atoms with Crippen LogP contribution in [0, 0.1) is 17.6 Å². The van der Waals surface area contributed by atoms with Gasteiger partial charge in [0.1, 0.15) is 11.6 Å². The van der Waals surface area contributed by atoms with Gasteiger partial charge in [-0.3, -0.25) is 9.69 Å². The second kappa shape index (κ2) is 12.1. The molecule has 3 aromatic rings. The summed E-state index contributed by atoms with van der Waals surface area (Å²) in [5.41, 5.74) is 2.55. The minimum absolute atomic E-state index is 0.0596. The summed E-state index contributed by atoms with van der Waals surface area (Å²) >= 11 is 12.3. The molecule has 3 aromatic carbocycles. The largest absolute Gasteiger partial charge is 0.353 e. The highest BCUT2D eigenvalue weighted by atomic mass is 35.5. The van der Waals surface area contributed by atoms with E-state index in [1.54, 1.807) is 0 Å². The van der Waals surface area contributed by atoms with Gasteiger partial charge in [-0.2, -0.15) is 0 Å². The fraction of sp³-hybridized carbons (Fsp3) is 0.387. The quantitative estimate of drug-likeness (QED) is 0.300. The molecule has 38 heavy (non-hydrogen) atoms. The summed E-state index contributed by atoms with van der Waals surface area (Å²) in [6, 6.07) is 19.0. The van der Waals surface area contributed by atoms with Crippen LogP contribution in [0.5, 0.6) is 0 Å². The predicted octanol–water partition coefficient (Wildman–Crippen LogP) is 7.92. The Balaban J connectivity index is 1.40. The first-order valence-electron chi connectivity index (χ1n) is 13.4. The van der Waals surface area contributed by atoms with Crippen molar-refractivity contribution in [3.05, 3.63) is 105 Å². The van der Waals surface area contributed by atoms with Gasteiger partial charge in [0.15, 0.2) is 0 Å². The van der Waals surface area contributed by atoms with Gasteiger partial charge in [0.25, 0.3) is 0 Å². The number of carbonyl (C=O) groups is 1. The van der Waals surface area contributed by atoms with Gasteiger partial charge in [-0.25, -0.2) is 8.78 Å². The number of halogens is 4. The monoisotopic (exact) mass is 556 g/mol. The Morgan fingerprint density at radius 1 is 0.763 bits per heavy atom. The summed E-state index contributed by atoms with van der Waals surface area (Å²) < 4.78 is 28.5. The molecule has 1 heterocycles. The smallest absolute Gasteiger partial charge is 0.228 e. The van der Waals surface area contributed by atoms with E-state index < -0.39 is 17.6 Å². The van der Waals surface area contributed by atoms with E-state index in [9.17, 15) is 13.6 Å². The zero-order valence-corrected chi connectivity index (χ0v) is 22.7. The molecular weight excluding hydrogens is 525 g/mol. The molecule has 7 heteroatoms. The molecule has 0 aromatic heterocycles. The zero-order valence-electron chi connectivity index (χ0n) is 21.2. The number of hydrogen-bond acceptors (Lipinski definition) is 2. The van der Waals surface area contributed by atoms with Crippen molar-refractivity contribution in [3.63, 3.8) is 0 Å². The summed E-state index contributed by atoms with van der Waals surface area (Å²) in [6.07, 6.45) is 6.43. The Bertz CT molecular complexity index is 1170. The van der Waals surface area contributed by atoms with Crippen molar-refractivity contribution in [1.82, 2.24) is 10.2 Å². The first kappa shape index (κ1) is 27.1. The molecule has 0 bridgehead atoms. The minimum Gasteiger partial charge on any atom is -0.353 e. The van der Waals surface area contributed by atoms with Gasteiger partial charge in [-0.1, -0.05) is 73.2 Å². The van der Waals surface area contributed by atoms with Gasteiger partial charge < -0.3 is 5.32 Å². The molecule has 1 N–H and O–H groups in total. The second-order valence-electron chi connectivity index (χ2n) is 10.6. The lowest BCUT2D eigenvalue weighted by Gasteiger charge is -2.47. The van der Waals surface area contributed by atoms with Gasteiger partial charge in [-0.15, -0.1) is 0 Å². The van der Waals surface area contributed by atoms with Crippen molar-refractivity contribution in [3.8, 4) is 0 Å². The first-order chi connectivity index (χ1) is 18.4. The van der Waals surface area contributed by atoms with E-state index in [0.717, 1.165) is 42.9 Å². The molecule has 2 aliphatic rings.